The highest BCUT2D eigenvalue weighted by molar-refractivity contribution is 5.85. The number of halogens is 1. The molecule has 2 aliphatic rings. The number of carbonyl (C=O) groups is 1. The standard InChI is InChI=1S/C30H31FO2.C5H10O2/c1-30(2)15-5-8-28(30)26-16-20(19-33-24-11-10-21-6-4-7-22(21)17-24)9-13-25(26)27-18-23(32-3)12-14-29(27)31;1-4(2)5(6)7-3/h8-14,16-18H,4-7,15,19H2,1-3H3;4H,1-3H3. The largest absolute Gasteiger partial charge is 0.497 e. The molecule has 3 aromatic carbocycles. The molecule has 0 aliphatic heterocycles. The summed E-state index contributed by atoms with van der Waals surface area (Å²) in [6.07, 6.45) is 7.99. The Morgan fingerprint density at radius 3 is 2.30 bits per heavy atom. The second-order valence-corrected chi connectivity index (χ2v) is 11.5. The van der Waals surface area contributed by atoms with Gasteiger partial charge in [-0.05, 0) is 107 Å². The first-order valence-electron chi connectivity index (χ1n) is 14.1. The number of hydrogen-bond donors (Lipinski definition) is 0. The number of carbonyl (C=O) groups excluding carboxylic acids is 1. The maximum absolute atomic E-state index is 14.9. The first-order chi connectivity index (χ1) is 19.1. The van der Waals surface area contributed by atoms with Gasteiger partial charge in [0.2, 0.25) is 0 Å². The van der Waals surface area contributed by atoms with Crippen LogP contribution in [0.25, 0.3) is 16.7 Å². The zero-order valence-corrected chi connectivity index (χ0v) is 24.6. The molecule has 0 saturated heterocycles. The number of allylic oxidation sites excluding steroid dienone is 2. The van der Waals surface area contributed by atoms with Gasteiger partial charge in [-0.2, -0.15) is 0 Å². The Kier molecular flexibility index (Phi) is 9.34. The van der Waals surface area contributed by atoms with Gasteiger partial charge in [-0.15, -0.1) is 0 Å². The summed E-state index contributed by atoms with van der Waals surface area (Å²) in [7, 11) is 3.00. The third-order valence-corrected chi connectivity index (χ3v) is 7.83. The normalized spacial score (nSPS) is 15.2. The highest BCUT2D eigenvalue weighted by atomic mass is 19.1. The van der Waals surface area contributed by atoms with E-state index in [2.05, 4.69) is 48.9 Å². The minimum Gasteiger partial charge on any atom is -0.497 e. The summed E-state index contributed by atoms with van der Waals surface area (Å²) in [4.78, 5) is 10.3. The summed E-state index contributed by atoms with van der Waals surface area (Å²) >= 11 is 0. The number of benzene rings is 3. The predicted octanol–water partition coefficient (Wildman–Crippen LogP) is 8.59. The van der Waals surface area contributed by atoms with Gasteiger partial charge in [0.1, 0.15) is 23.9 Å². The average molecular weight is 545 g/mol. The lowest BCUT2D eigenvalue weighted by molar-refractivity contribution is -0.144. The summed E-state index contributed by atoms with van der Waals surface area (Å²) in [5, 5.41) is 0. The lowest BCUT2D eigenvalue weighted by atomic mass is 9.79. The van der Waals surface area contributed by atoms with Gasteiger partial charge in [-0.1, -0.05) is 52.0 Å². The molecule has 0 spiro atoms. The van der Waals surface area contributed by atoms with E-state index in [1.54, 1.807) is 33.1 Å². The third-order valence-electron chi connectivity index (χ3n) is 7.83. The van der Waals surface area contributed by atoms with Crippen molar-refractivity contribution in [3.05, 3.63) is 88.7 Å². The van der Waals surface area contributed by atoms with Crippen molar-refractivity contribution in [2.24, 2.45) is 11.3 Å². The number of hydrogen-bond acceptors (Lipinski definition) is 4. The summed E-state index contributed by atoms with van der Waals surface area (Å²) in [5.74, 6) is 1.18. The first-order valence-corrected chi connectivity index (χ1v) is 14.1. The maximum atomic E-state index is 14.9. The predicted molar refractivity (Wildman–Crippen MR) is 159 cm³/mol. The number of fused-ring (bicyclic) bond motifs is 1. The van der Waals surface area contributed by atoms with Crippen molar-refractivity contribution >= 4 is 11.5 Å². The fraction of sp³-hybridized carbons (Fsp3) is 0.400. The van der Waals surface area contributed by atoms with Crippen LogP contribution in [0.15, 0.2) is 60.7 Å². The Balaban J connectivity index is 0.000000470. The highest BCUT2D eigenvalue weighted by Gasteiger charge is 2.30. The average Bonchev–Trinajstić information content (AvgIpc) is 3.57. The molecular formula is C35H41FO4. The molecule has 3 aromatic rings. The Bertz CT molecular complexity index is 1390. The molecule has 212 valence electrons. The third kappa shape index (κ3) is 6.75. The Morgan fingerprint density at radius 1 is 0.900 bits per heavy atom. The number of rotatable bonds is 7. The minimum absolute atomic E-state index is 0.00463. The molecule has 0 aromatic heterocycles. The Hall–Kier alpha value is -3.60. The van der Waals surface area contributed by atoms with Gasteiger partial charge < -0.3 is 14.2 Å². The van der Waals surface area contributed by atoms with Crippen LogP contribution in [0.3, 0.4) is 0 Å². The van der Waals surface area contributed by atoms with Crippen molar-refractivity contribution in [1.29, 1.82) is 0 Å². The van der Waals surface area contributed by atoms with Gasteiger partial charge in [0.25, 0.3) is 0 Å². The van der Waals surface area contributed by atoms with E-state index in [1.807, 2.05) is 12.1 Å². The molecule has 0 bridgehead atoms. The van der Waals surface area contributed by atoms with E-state index in [-0.39, 0.29) is 23.1 Å². The van der Waals surface area contributed by atoms with Crippen molar-refractivity contribution in [2.75, 3.05) is 14.2 Å². The quantitative estimate of drug-likeness (QED) is 0.279. The summed E-state index contributed by atoms with van der Waals surface area (Å²) in [6, 6.07) is 17.7. The number of methoxy groups -OCH3 is 2. The smallest absolute Gasteiger partial charge is 0.308 e. The number of ether oxygens (including phenoxy) is 3. The highest BCUT2D eigenvalue weighted by Crippen LogP contribution is 2.47. The van der Waals surface area contributed by atoms with Gasteiger partial charge in [0, 0.05) is 5.56 Å². The van der Waals surface area contributed by atoms with E-state index in [4.69, 9.17) is 9.47 Å². The van der Waals surface area contributed by atoms with Gasteiger partial charge in [0.05, 0.1) is 20.1 Å². The fourth-order valence-corrected chi connectivity index (χ4v) is 5.48. The van der Waals surface area contributed by atoms with Crippen LogP contribution in [0.2, 0.25) is 0 Å². The second kappa shape index (κ2) is 12.7. The Labute approximate surface area is 238 Å². The van der Waals surface area contributed by atoms with Crippen molar-refractivity contribution in [3.63, 3.8) is 0 Å². The van der Waals surface area contributed by atoms with Crippen LogP contribution < -0.4 is 9.47 Å². The van der Waals surface area contributed by atoms with Gasteiger partial charge in [-0.25, -0.2) is 4.39 Å². The molecule has 0 atom stereocenters. The summed E-state index contributed by atoms with van der Waals surface area (Å²) in [5.41, 5.74) is 7.82. The molecule has 4 nitrogen and oxygen atoms in total. The molecule has 0 amide bonds. The maximum Gasteiger partial charge on any atom is 0.308 e. The molecule has 5 rings (SSSR count). The summed E-state index contributed by atoms with van der Waals surface area (Å²) in [6.45, 7) is 8.62. The van der Waals surface area contributed by atoms with E-state index in [1.165, 1.54) is 42.7 Å². The SMILES string of the molecule is COC(=O)C(C)C.COc1ccc(F)c(-c2ccc(COc3ccc4c(c3)CCC4)cc2C2=CCCC2(C)C)c1. The molecule has 0 unspecified atom stereocenters. The van der Waals surface area contributed by atoms with Crippen molar-refractivity contribution < 1.29 is 23.4 Å². The van der Waals surface area contributed by atoms with Crippen molar-refractivity contribution in [2.45, 2.75) is 66.4 Å². The molecule has 0 heterocycles. The van der Waals surface area contributed by atoms with Crippen LogP contribution in [0.4, 0.5) is 4.39 Å². The second-order valence-electron chi connectivity index (χ2n) is 11.5. The molecule has 2 aliphatic carbocycles. The molecule has 5 heteroatoms. The Morgan fingerprint density at radius 2 is 1.65 bits per heavy atom. The van der Waals surface area contributed by atoms with E-state index in [0.29, 0.717) is 17.9 Å². The lowest BCUT2D eigenvalue weighted by Crippen LogP contribution is -2.10. The van der Waals surface area contributed by atoms with Crippen molar-refractivity contribution in [1.82, 2.24) is 0 Å². The fourth-order valence-electron chi connectivity index (χ4n) is 5.48. The van der Waals surface area contributed by atoms with Crippen LogP contribution in [0, 0.1) is 17.2 Å². The van der Waals surface area contributed by atoms with E-state index < -0.39 is 0 Å². The van der Waals surface area contributed by atoms with Crippen LogP contribution in [0.5, 0.6) is 11.5 Å². The monoisotopic (exact) mass is 544 g/mol. The number of esters is 1. The van der Waals surface area contributed by atoms with E-state index >= 15 is 0 Å². The molecule has 0 fully saturated rings. The van der Waals surface area contributed by atoms with Crippen LogP contribution in [0.1, 0.15) is 69.2 Å². The number of aryl methyl sites for hydroxylation is 2. The first kappa shape index (κ1) is 29.4. The lowest BCUT2D eigenvalue weighted by Gasteiger charge is -2.25. The van der Waals surface area contributed by atoms with Crippen LogP contribution in [-0.2, 0) is 29.0 Å². The topological polar surface area (TPSA) is 44.8 Å². The summed E-state index contributed by atoms with van der Waals surface area (Å²) < 4.78 is 30.9. The molecule has 0 radical (unpaired) electrons. The zero-order valence-electron chi connectivity index (χ0n) is 24.6. The van der Waals surface area contributed by atoms with E-state index in [9.17, 15) is 9.18 Å². The van der Waals surface area contributed by atoms with Crippen LogP contribution >= 0.6 is 0 Å². The van der Waals surface area contributed by atoms with E-state index in [0.717, 1.165) is 41.7 Å². The molecule has 40 heavy (non-hydrogen) atoms. The molecule has 0 saturated carbocycles. The van der Waals surface area contributed by atoms with Gasteiger partial charge in [-0.3, -0.25) is 4.79 Å². The van der Waals surface area contributed by atoms with Crippen LogP contribution in [-0.4, -0.2) is 20.2 Å². The van der Waals surface area contributed by atoms with Gasteiger partial charge in [0.15, 0.2) is 0 Å². The zero-order chi connectivity index (χ0) is 28.9. The minimum atomic E-state index is -0.240. The molecule has 0 N–H and O–H groups in total. The van der Waals surface area contributed by atoms with Gasteiger partial charge >= 0.3 is 5.97 Å². The van der Waals surface area contributed by atoms with Crippen molar-refractivity contribution in [3.8, 4) is 22.6 Å². The molecular weight excluding hydrogens is 503 g/mol.